The van der Waals surface area contributed by atoms with Crippen LogP contribution in [0.2, 0.25) is 0 Å². The fourth-order valence-corrected chi connectivity index (χ4v) is 0.992. The molecule has 0 aliphatic heterocycles. The lowest BCUT2D eigenvalue weighted by Gasteiger charge is -1.85. The van der Waals surface area contributed by atoms with Crippen molar-refractivity contribution in [1.29, 1.82) is 0 Å². The Kier molecular flexibility index (Phi) is 4.44. The quantitative estimate of drug-likeness (QED) is 0.650. The third-order valence-corrected chi connectivity index (χ3v) is 1.72. The second-order valence-electron chi connectivity index (χ2n) is 2.98. The minimum absolute atomic E-state index is 0.802. The highest BCUT2D eigenvalue weighted by Crippen LogP contribution is 1.97. The second-order valence-corrected chi connectivity index (χ2v) is 2.98. The number of hydrogen-bond acceptors (Lipinski definition) is 3. The van der Waals surface area contributed by atoms with E-state index in [9.17, 15) is 14.4 Å². The molecule has 3 N–H and O–H groups in total. The molecule has 17 heavy (non-hydrogen) atoms. The third-order valence-electron chi connectivity index (χ3n) is 1.72. The van der Waals surface area contributed by atoms with Gasteiger partial charge in [0.25, 0.3) is 0 Å². The normalized spacial score (nSPS) is 8.94. The van der Waals surface area contributed by atoms with Crippen LogP contribution in [-0.4, -0.2) is 15.0 Å². The molecule has 2 aromatic rings. The average Bonchev–Trinajstić information content (AvgIpc) is 2.29. The summed E-state index contributed by atoms with van der Waals surface area (Å²) in [6.07, 6.45) is 1.83. The first-order chi connectivity index (χ1) is 8.11. The summed E-state index contributed by atoms with van der Waals surface area (Å²) in [6.45, 7) is 3.63. The fraction of sp³-hybridized carbons (Fsp3) is 0. The molecule has 0 bridgehead atoms. The van der Waals surface area contributed by atoms with Crippen LogP contribution in [0.3, 0.4) is 0 Å². The first kappa shape index (κ1) is 12.4. The lowest BCUT2D eigenvalue weighted by atomic mass is 10.2. The van der Waals surface area contributed by atoms with Crippen molar-refractivity contribution in [3.05, 3.63) is 73.9 Å². The minimum Gasteiger partial charge on any atom is -0.259 e. The van der Waals surface area contributed by atoms with E-state index in [1.54, 1.807) is 15.0 Å². The van der Waals surface area contributed by atoms with E-state index in [0.717, 1.165) is 0 Å². The van der Waals surface area contributed by atoms with Gasteiger partial charge in [0.1, 0.15) is 0 Å². The lowest BCUT2D eigenvalue weighted by molar-refractivity contribution is 0.888. The largest absolute Gasteiger partial charge is 0.330 e. The molecule has 0 radical (unpaired) electrons. The highest BCUT2D eigenvalue weighted by atomic mass is 16.2. The van der Waals surface area contributed by atoms with Gasteiger partial charge in [0.15, 0.2) is 0 Å². The fourth-order valence-electron chi connectivity index (χ4n) is 0.992. The number of aromatic amines is 3. The topological polar surface area (TPSA) is 98.6 Å². The molecule has 0 amide bonds. The molecule has 0 saturated carbocycles. The molecule has 0 spiro atoms. The first-order valence-electron chi connectivity index (χ1n) is 4.72. The predicted octanol–water partition coefficient (Wildman–Crippen LogP) is 0.0811. The molecule has 1 heterocycles. The van der Waals surface area contributed by atoms with Gasteiger partial charge in [0.2, 0.25) is 0 Å². The number of aromatic nitrogens is 3. The van der Waals surface area contributed by atoms with E-state index >= 15 is 0 Å². The maximum Gasteiger partial charge on any atom is 0.330 e. The Balaban J connectivity index is 0.000000171. The molecule has 6 nitrogen and oxygen atoms in total. The smallest absolute Gasteiger partial charge is 0.259 e. The summed E-state index contributed by atoms with van der Waals surface area (Å²) in [5.74, 6) is 0. The molecule has 0 fully saturated rings. The van der Waals surface area contributed by atoms with Gasteiger partial charge in [0, 0.05) is 0 Å². The van der Waals surface area contributed by atoms with Crippen molar-refractivity contribution < 1.29 is 0 Å². The molecule has 0 atom stereocenters. The number of hydrogen-bond donors (Lipinski definition) is 3. The summed E-state index contributed by atoms with van der Waals surface area (Å²) in [4.78, 5) is 35.9. The van der Waals surface area contributed by atoms with Crippen molar-refractivity contribution in [2.24, 2.45) is 0 Å². The van der Waals surface area contributed by atoms with Crippen LogP contribution in [0.15, 0.2) is 51.3 Å². The van der Waals surface area contributed by atoms with Gasteiger partial charge >= 0.3 is 17.1 Å². The van der Waals surface area contributed by atoms with Gasteiger partial charge in [-0.05, 0) is 5.56 Å². The summed E-state index contributed by atoms with van der Waals surface area (Å²) in [5.41, 5.74) is -1.23. The molecule has 1 aromatic heterocycles. The summed E-state index contributed by atoms with van der Waals surface area (Å²) >= 11 is 0. The van der Waals surface area contributed by atoms with Crippen LogP contribution in [-0.2, 0) is 0 Å². The Bertz CT molecular complexity index is 559. The van der Waals surface area contributed by atoms with Gasteiger partial charge in [-0.15, -0.1) is 0 Å². The molecular weight excluding hydrogens is 222 g/mol. The zero-order valence-electron chi connectivity index (χ0n) is 8.90. The number of nitrogens with one attached hydrogen (secondary N) is 3. The maximum atomic E-state index is 10.2. The highest BCUT2D eigenvalue weighted by Gasteiger charge is 1.85. The van der Waals surface area contributed by atoms with E-state index in [2.05, 4.69) is 6.58 Å². The van der Waals surface area contributed by atoms with Crippen molar-refractivity contribution in [3.63, 3.8) is 0 Å². The zero-order chi connectivity index (χ0) is 12.7. The Morgan fingerprint density at radius 2 is 1.24 bits per heavy atom. The number of rotatable bonds is 1. The van der Waals surface area contributed by atoms with Crippen LogP contribution < -0.4 is 17.1 Å². The molecule has 6 heteroatoms. The summed E-state index contributed by atoms with van der Waals surface area (Å²) < 4.78 is 0. The molecule has 0 aliphatic carbocycles. The van der Waals surface area contributed by atoms with Crippen molar-refractivity contribution in [2.75, 3.05) is 0 Å². The lowest BCUT2D eigenvalue weighted by Crippen LogP contribution is -2.34. The molecule has 0 unspecified atom stereocenters. The van der Waals surface area contributed by atoms with Crippen molar-refractivity contribution >= 4 is 6.08 Å². The maximum absolute atomic E-state index is 10.2. The van der Waals surface area contributed by atoms with Gasteiger partial charge in [-0.1, -0.05) is 43.0 Å². The van der Waals surface area contributed by atoms with E-state index < -0.39 is 17.1 Å². The third kappa shape index (κ3) is 4.61. The van der Waals surface area contributed by atoms with Gasteiger partial charge in [-0.3, -0.25) is 15.0 Å². The van der Waals surface area contributed by atoms with E-state index in [0.29, 0.717) is 0 Å². The van der Waals surface area contributed by atoms with E-state index in [4.69, 9.17) is 0 Å². The van der Waals surface area contributed by atoms with Crippen LogP contribution in [0, 0.1) is 0 Å². The predicted molar refractivity (Wildman–Crippen MR) is 64.8 cm³/mol. The minimum atomic E-state index is -0.802. The molecular formula is C11H11N3O3. The van der Waals surface area contributed by atoms with Crippen LogP contribution in [0.4, 0.5) is 0 Å². The van der Waals surface area contributed by atoms with Crippen LogP contribution in [0.1, 0.15) is 5.56 Å². The Morgan fingerprint density at radius 3 is 1.53 bits per heavy atom. The van der Waals surface area contributed by atoms with E-state index in [-0.39, 0.29) is 0 Å². The Labute approximate surface area is 95.7 Å². The summed E-state index contributed by atoms with van der Waals surface area (Å²) in [6, 6.07) is 10.0. The number of benzene rings is 1. The molecule has 1 aromatic carbocycles. The highest BCUT2D eigenvalue weighted by molar-refractivity contribution is 5.45. The van der Waals surface area contributed by atoms with E-state index in [1.807, 2.05) is 36.4 Å². The van der Waals surface area contributed by atoms with Crippen molar-refractivity contribution in [3.8, 4) is 0 Å². The van der Waals surface area contributed by atoms with Crippen LogP contribution in [0.25, 0.3) is 6.08 Å². The molecule has 2 rings (SSSR count). The second kappa shape index (κ2) is 6.06. The Hall–Kier alpha value is -2.63. The van der Waals surface area contributed by atoms with Gasteiger partial charge in [-0.25, -0.2) is 14.4 Å². The SMILES string of the molecule is C=Cc1ccccc1.O=c1[nH]c(=O)[nH]c(=O)[nH]1. The van der Waals surface area contributed by atoms with E-state index in [1.165, 1.54) is 5.56 Å². The van der Waals surface area contributed by atoms with Gasteiger partial charge in [-0.2, -0.15) is 0 Å². The van der Waals surface area contributed by atoms with Gasteiger partial charge in [0.05, 0.1) is 0 Å². The Morgan fingerprint density at radius 1 is 0.824 bits per heavy atom. The monoisotopic (exact) mass is 233 g/mol. The zero-order valence-corrected chi connectivity index (χ0v) is 8.90. The van der Waals surface area contributed by atoms with Gasteiger partial charge < -0.3 is 0 Å². The van der Waals surface area contributed by atoms with Crippen molar-refractivity contribution in [2.45, 2.75) is 0 Å². The summed E-state index contributed by atoms with van der Waals surface area (Å²) in [5, 5.41) is 0. The van der Waals surface area contributed by atoms with Crippen molar-refractivity contribution in [1.82, 2.24) is 15.0 Å². The average molecular weight is 233 g/mol. The van der Waals surface area contributed by atoms with Crippen LogP contribution in [0.5, 0.6) is 0 Å². The molecule has 88 valence electrons. The standard InChI is InChI=1S/C8H8.C3H3N3O3/c1-2-8-6-4-3-5-7-8;7-1-4-2(8)6-3(9)5-1/h2-7H,1H2;(H3,4,5,6,7,8,9). The van der Waals surface area contributed by atoms with Crippen LogP contribution >= 0.6 is 0 Å². The molecule has 0 aliphatic rings. The first-order valence-corrected chi connectivity index (χ1v) is 4.72. The summed E-state index contributed by atoms with van der Waals surface area (Å²) in [7, 11) is 0. The molecule has 0 saturated heterocycles. The number of H-pyrrole nitrogens is 3.